The number of amides is 3. The van der Waals surface area contributed by atoms with Gasteiger partial charge in [0.1, 0.15) is 11.4 Å². The summed E-state index contributed by atoms with van der Waals surface area (Å²) in [6.07, 6.45) is 1.05. The largest absolute Gasteiger partial charge is 0.496 e. The lowest BCUT2D eigenvalue weighted by molar-refractivity contribution is -0.119. The third kappa shape index (κ3) is 8.06. The molecule has 2 aliphatic heterocycles. The van der Waals surface area contributed by atoms with Crippen molar-refractivity contribution in [3.63, 3.8) is 0 Å². The van der Waals surface area contributed by atoms with Gasteiger partial charge >= 0.3 is 6.09 Å². The number of fused-ring (bicyclic) bond motifs is 1. The lowest BCUT2D eigenvalue weighted by Gasteiger charge is -2.29. The van der Waals surface area contributed by atoms with Crippen LogP contribution in [0.3, 0.4) is 0 Å². The van der Waals surface area contributed by atoms with Gasteiger partial charge in [0.15, 0.2) is 5.82 Å². The number of likely N-dealkylation sites (tertiary alicyclic amines) is 1. The average molecular weight is 748 g/mol. The van der Waals surface area contributed by atoms with Gasteiger partial charge in [0.25, 0.3) is 5.91 Å². The van der Waals surface area contributed by atoms with E-state index in [1.807, 2.05) is 63.2 Å². The standard InChI is InChI=1S/C39H44Cl2N6O5/c1-23(48)42-26-15-17-46(21-26)20-25-14-13-24(19-33(25)51-6)27-9-7-10-28(34(27)40)29-11-8-12-30(35(29)41)44-37(49)36-43-31-22-47(18-16-32(31)45(36)5)38(50)52-39(2,3)4/h7-14,19,26H,15-18,20-22H2,1-6H3,(H,42,48)(H,44,49)/t26-/m1/s1. The number of benzene rings is 3. The number of aromatic nitrogens is 2. The number of methoxy groups -OCH3 is 1. The minimum atomic E-state index is -0.611. The van der Waals surface area contributed by atoms with E-state index in [-0.39, 0.29) is 24.3 Å². The Balaban J connectivity index is 1.20. The summed E-state index contributed by atoms with van der Waals surface area (Å²) in [5, 5.41) is 6.79. The number of ether oxygens (including phenoxy) is 2. The fourth-order valence-corrected chi connectivity index (χ4v) is 7.47. The first kappa shape index (κ1) is 37.2. The van der Waals surface area contributed by atoms with E-state index in [2.05, 4.69) is 26.6 Å². The fourth-order valence-electron chi connectivity index (χ4n) is 6.86. The first-order valence-corrected chi connectivity index (χ1v) is 18.1. The van der Waals surface area contributed by atoms with Crippen LogP contribution in [0.5, 0.6) is 5.75 Å². The Hall–Kier alpha value is -4.58. The summed E-state index contributed by atoms with van der Waals surface area (Å²) in [5.74, 6) is 0.528. The summed E-state index contributed by atoms with van der Waals surface area (Å²) in [5.41, 5.74) is 5.45. The summed E-state index contributed by atoms with van der Waals surface area (Å²) in [6, 6.07) is 17.4. The van der Waals surface area contributed by atoms with Crippen LogP contribution in [0.1, 0.15) is 61.7 Å². The maximum absolute atomic E-state index is 13.6. The second-order valence-corrected chi connectivity index (χ2v) is 15.0. The Morgan fingerprint density at radius 3 is 2.40 bits per heavy atom. The van der Waals surface area contributed by atoms with Crippen LogP contribution in [0.15, 0.2) is 54.6 Å². The maximum Gasteiger partial charge on any atom is 0.410 e. The van der Waals surface area contributed by atoms with E-state index < -0.39 is 17.6 Å². The Kier molecular flexibility index (Phi) is 10.9. The molecule has 6 rings (SSSR count). The lowest BCUT2D eigenvalue weighted by Crippen LogP contribution is -2.40. The minimum Gasteiger partial charge on any atom is -0.496 e. The average Bonchev–Trinajstić information content (AvgIpc) is 3.67. The molecule has 0 bridgehead atoms. The molecular weight excluding hydrogens is 703 g/mol. The lowest BCUT2D eigenvalue weighted by atomic mass is 9.97. The minimum absolute atomic E-state index is 0.0103. The summed E-state index contributed by atoms with van der Waals surface area (Å²) in [4.78, 5) is 46.3. The SMILES string of the molecule is COc1cc(-c2cccc(-c3cccc(NC(=O)c4nc5c(n4C)CCN(C(=O)OC(C)(C)C)C5)c3Cl)c2Cl)ccc1CN1CC[C@@H](NC(C)=O)C1. The highest BCUT2D eigenvalue weighted by atomic mass is 35.5. The topological polar surface area (TPSA) is 118 Å². The zero-order valence-corrected chi connectivity index (χ0v) is 31.8. The number of carbonyl (C=O) groups is 3. The van der Waals surface area contributed by atoms with Crippen LogP contribution in [0, 0.1) is 0 Å². The van der Waals surface area contributed by atoms with Crippen molar-refractivity contribution < 1.29 is 23.9 Å². The molecule has 1 saturated heterocycles. The predicted molar refractivity (Wildman–Crippen MR) is 203 cm³/mol. The molecule has 0 radical (unpaired) electrons. The Labute approximate surface area is 314 Å². The molecule has 52 heavy (non-hydrogen) atoms. The second-order valence-electron chi connectivity index (χ2n) is 14.3. The summed E-state index contributed by atoms with van der Waals surface area (Å²) in [6.45, 7) is 10.1. The van der Waals surface area contributed by atoms with Gasteiger partial charge in [-0.3, -0.25) is 14.5 Å². The van der Waals surface area contributed by atoms with Crippen molar-refractivity contribution in [2.45, 2.75) is 65.3 Å². The van der Waals surface area contributed by atoms with Crippen molar-refractivity contribution in [2.24, 2.45) is 7.05 Å². The van der Waals surface area contributed by atoms with E-state index in [1.165, 1.54) is 0 Å². The Morgan fingerprint density at radius 2 is 1.69 bits per heavy atom. The molecular formula is C39H44Cl2N6O5. The number of anilines is 1. The molecule has 274 valence electrons. The summed E-state index contributed by atoms with van der Waals surface area (Å²) < 4.78 is 13.1. The van der Waals surface area contributed by atoms with Gasteiger partial charge in [-0.25, -0.2) is 9.78 Å². The second kappa shape index (κ2) is 15.2. The van der Waals surface area contributed by atoms with Crippen LogP contribution in [-0.2, 0) is 36.1 Å². The van der Waals surface area contributed by atoms with Gasteiger partial charge in [0.2, 0.25) is 5.91 Å². The fraction of sp³-hybridized carbons (Fsp3) is 0.385. The zero-order valence-electron chi connectivity index (χ0n) is 30.3. The van der Waals surface area contributed by atoms with Crippen LogP contribution in [0.25, 0.3) is 22.3 Å². The molecule has 3 heterocycles. The Bertz CT molecular complexity index is 2020. The van der Waals surface area contributed by atoms with Gasteiger partial charge in [0.05, 0.1) is 35.1 Å². The predicted octanol–water partition coefficient (Wildman–Crippen LogP) is 7.33. The van der Waals surface area contributed by atoms with E-state index in [1.54, 1.807) is 36.6 Å². The van der Waals surface area contributed by atoms with Gasteiger partial charge in [-0.2, -0.15) is 0 Å². The molecule has 3 aromatic carbocycles. The molecule has 13 heteroatoms. The van der Waals surface area contributed by atoms with Gasteiger partial charge < -0.3 is 29.6 Å². The number of nitrogens with one attached hydrogen (secondary N) is 2. The number of nitrogens with zero attached hydrogens (tertiary/aromatic N) is 4. The number of carbonyl (C=O) groups excluding carboxylic acids is 3. The van der Waals surface area contributed by atoms with Gasteiger partial charge in [-0.1, -0.05) is 65.7 Å². The van der Waals surface area contributed by atoms with E-state index >= 15 is 0 Å². The van der Waals surface area contributed by atoms with Crippen molar-refractivity contribution in [3.8, 4) is 28.0 Å². The summed E-state index contributed by atoms with van der Waals surface area (Å²) >= 11 is 14.1. The molecule has 4 aromatic rings. The molecule has 3 amide bonds. The third-order valence-electron chi connectivity index (χ3n) is 9.32. The quantitative estimate of drug-likeness (QED) is 0.194. The maximum atomic E-state index is 13.6. The molecule has 2 aliphatic rings. The summed E-state index contributed by atoms with van der Waals surface area (Å²) in [7, 11) is 3.45. The highest BCUT2D eigenvalue weighted by Crippen LogP contribution is 2.42. The van der Waals surface area contributed by atoms with Crippen molar-refractivity contribution in [1.82, 2.24) is 24.7 Å². The van der Waals surface area contributed by atoms with Crippen LogP contribution >= 0.6 is 23.2 Å². The molecule has 11 nitrogen and oxygen atoms in total. The van der Waals surface area contributed by atoms with Crippen molar-refractivity contribution in [3.05, 3.63) is 87.4 Å². The number of imidazole rings is 1. The van der Waals surface area contributed by atoms with Gasteiger partial charge in [-0.05, 0) is 44.9 Å². The zero-order chi connectivity index (χ0) is 37.3. The molecule has 1 aromatic heterocycles. The molecule has 1 fully saturated rings. The smallest absolute Gasteiger partial charge is 0.410 e. The first-order valence-electron chi connectivity index (χ1n) is 17.3. The molecule has 1 atom stereocenters. The van der Waals surface area contributed by atoms with Crippen molar-refractivity contribution in [2.75, 3.05) is 32.1 Å². The van der Waals surface area contributed by atoms with E-state index in [4.69, 9.17) is 32.7 Å². The molecule has 0 spiro atoms. The normalized spacial score (nSPS) is 16.0. The molecule has 0 saturated carbocycles. The Morgan fingerprint density at radius 1 is 0.981 bits per heavy atom. The number of halogens is 2. The number of rotatable bonds is 8. The number of hydrogen-bond donors (Lipinski definition) is 2. The third-order valence-corrected chi connectivity index (χ3v) is 10.1. The highest BCUT2D eigenvalue weighted by molar-refractivity contribution is 6.39. The highest BCUT2D eigenvalue weighted by Gasteiger charge is 2.31. The van der Waals surface area contributed by atoms with Gasteiger partial charge in [0, 0.05) is 80.6 Å². The van der Waals surface area contributed by atoms with Crippen molar-refractivity contribution in [1.29, 1.82) is 0 Å². The van der Waals surface area contributed by atoms with Crippen LogP contribution in [0.2, 0.25) is 10.0 Å². The monoisotopic (exact) mass is 746 g/mol. The van der Waals surface area contributed by atoms with E-state index in [0.29, 0.717) is 52.1 Å². The molecule has 0 aliphatic carbocycles. The van der Waals surface area contributed by atoms with Gasteiger partial charge in [-0.15, -0.1) is 0 Å². The van der Waals surface area contributed by atoms with Crippen LogP contribution < -0.4 is 15.4 Å². The van der Waals surface area contributed by atoms with Crippen molar-refractivity contribution >= 4 is 46.8 Å². The first-order chi connectivity index (χ1) is 24.7. The van der Waals surface area contributed by atoms with Crippen LogP contribution in [0.4, 0.5) is 10.5 Å². The van der Waals surface area contributed by atoms with E-state index in [9.17, 15) is 14.4 Å². The van der Waals surface area contributed by atoms with Crippen LogP contribution in [-0.4, -0.2) is 75.6 Å². The van der Waals surface area contributed by atoms with E-state index in [0.717, 1.165) is 47.6 Å². The molecule has 0 unspecified atom stereocenters. The molecule has 2 N–H and O–H groups in total. The number of hydrogen-bond acceptors (Lipinski definition) is 7.